The third kappa shape index (κ3) is 4.15. The molecule has 0 aliphatic carbocycles. The first-order valence-corrected chi connectivity index (χ1v) is 8.19. The van der Waals surface area contributed by atoms with Crippen LogP contribution in [0.25, 0.3) is 0 Å². The number of rotatable bonds is 4. The van der Waals surface area contributed by atoms with Gasteiger partial charge in [0.25, 0.3) is 0 Å². The van der Waals surface area contributed by atoms with E-state index in [1.807, 2.05) is 63.2 Å². The Bertz CT molecular complexity index is 759. The fourth-order valence-electron chi connectivity index (χ4n) is 2.59. The largest absolute Gasteiger partial charge is 0.464 e. The summed E-state index contributed by atoms with van der Waals surface area (Å²) in [5.41, 5.74) is 8.70. The van der Waals surface area contributed by atoms with Crippen molar-refractivity contribution in [3.63, 3.8) is 0 Å². The van der Waals surface area contributed by atoms with Crippen molar-refractivity contribution in [2.75, 3.05) is 22.9 Å². The van der Waals surface area contributed by atoms with Crippen molar-refractivity contribution in [1.82, 2.24) is 0 Å². The maximum Gasteiger partial charge on any atom is 0.325 e. The summed E-state index contributed by atoms with van der Waals surface area (Å²) < 4.78 is 11.1. The summed E-state index contributed by atoms with van der Waals surface area (Å²) >= 11 is 0. The third-order valence-corrected chi connectivity index (χ3v) is 3.64. The smallest absolute Gasteiger partial charge is 0.325 e. The molecule has 0 saturated heterocycles. The predicted molar refractivity (Wildman–Crippen MR) is 98.6 cm³/mol. The van der Waals surface area contributed by atoms with Crippen molar-refractivity contribution >= 4 is 23.0 Å². The van der Waals surface area contributed by atoms with E-state index in [0.717, 1.165) is 17.0 Å². The van der Waals surface area contributed by atoms with E-state index in [2.05, 4.69) is 10.6 Å². The van der Waals surface area contributed by atoms with Gasteiger partial charge in [-0.2, -0.15) is 0 Å². The van der Waals surface area contributed by atoms with E-state index in [-0.39, 0.29) is 18.7 Å². The molecule has 2 aromatic rings. The van der Waals surface area contributed by atoms with Crippen LogP contribution in [0.3, 0.4) is 0 Å². The number of hydrogen-bond acceptors (Lipinski definition) is 6. The number of anilines is 3. The highest BCUT2D eigenvalue weighted by molar-refractivity contribution is 5.78. The van der Waals surface area contributed by atoms with E-state index < -0.39 is 5.60 Å². The van der Waals surface area contributed by atoms with Crippen LogP contribution in [0.1, 0.15) is 32.6 Å². The average Bonchev–Trinajstić information content (AvgIpc) is 2.96. The zero-order chi connectivity index (χ0) is 18.0. The van der Waals surface area contributed by atoms with E-state index in [1.54, 1.807) is 0 Å². The van der Waals surface area contributed by atoms with Gasteiger partial charge in [-0.15, -0.1) is 0 Å². The molecule has 1 aliphatic rings. The van der Waals surface area contributed by atoms with Crippen LogP contribution in [0.4, 0.5) is 17.1 Å². The van der Waals surface area contributed by atoms with Gasteiger partial charge >= 0.3 is 5.97 Å². The molecular weight excluding hydrogens is 318 g/mol. The Morgan fingerprint density at radius 2 is 2.04 bits per heavy atom. The molecule has 6 nitrogen and oxygen atoms in total. The second kappa shape index (κ2) is 6.55. The molecule has 2 aromatic carbocycles. The molecular formula is C19H23N3O3. The lowest BCUT2D eigenvalue weighted by molar-refractivity contribution is -0.152. The van der Waals surface area contributed by atoms with Gasteiger partial charge in [-0.25, -0.2) is 0 Å². The van der Waals surface area contributed by atoms with Crippen molar-refractivity contribution in [2.45, 2.75) is 32.6 Å². The van der Waals surface area contributed by atoms with Crippen LogP contribution in [0, 0.1) is 0 Å². The molecule has 0 bridgehead atoms. The first-order chi connectivity index (χ1) is 11.8. The molecule has 0 fully saturated rings. The second-order valence-corrected chi connectivity index (χ2v) is 6.93. The van der Waals surface area contributed by atoms with Gasteiger partial charge in [-0.05, 0) is 45.0 Å². The zero-order valence-corrected chi connectivity index (χ0v) is 14.6. The molecule has 1 unspecified atom stereocenters. The Labute approximate surface area is 147 Å². The lowest BCUT2D eigenvalue weighted by Crippen LogP contribution is -2.28. The number of esters is 1. The maximum atomic E-state index is 11.8. The summed E-state index contributed by atoms with van der Waals surface area (Å²) in [7, 11) is 0. The lowest BCUT2D eigenvalue weighted by atomic mass is 10.1. The maximum absolute atomic E-state index is 11.8. The fraction of sp³-hybridized carbons (Fsp3) is 0.316. The fourth-order valence-corrected chi connectivity index (χ4v) is 2.59. The highest BCUT2D eigenvalue weighted by Crippen LogP contribution is 2.38. The van der Waals surface area contributed by atoms with E-state index >= 15 is 0 Å². The van der Waals surface area contributed by atoms with Crippen LogP contribution >= 0.6 is 0 Å². The molecule has 0 radical (unpaired) electrons. The number of fused-ring (bicyclic) bond motifs is 1. The molecule has 132 valence electrons. The predicted octanol–water partition coefficient (Wildman–Crippen LogP) is 3.53. The Hall–Kier alpha value is -2.89. The number of carbonyl (C=O) groups excluding carboxylic acids is 1. The molecule has 1 atom stereocenters. The van der Waals surface area contributed by atoms with Gasteiger partial charge in [0, 0.05) is 5.56 Å². The first-order valence-electron chi connectivity index (χ1n) is 8.19. The number of nitrogens with one attached hydrogen (secondary N) is 2. The number of nitrogen functional groups attached to an aromatic ring is 1. The molecule has 25 heavy (non-hydrogen) atoms. The minimum absolute atomic E-state index is 0.0600. The molecule has 4 N–H and O–H groups in total. The molecule has 6 heteroatoms. The number of ether oxygens (including phenoxy) is 2. The van der Waals surface area contributed by atoms with Crippen molar-refractivity contribution < 1.29 is 14.3 Å². The SMILES string of the molecule is CC(C)(C)OC(=O)CNc1ccc(C2Nc3ccccc3O2)cc1N. The summed E-state index contributed by atoms with van der Waals surface area (Å²) in [5, 5.41) is 6.31. The second-order valence-electron chi connectivity index (χ2n) is 6.93. The third-order valence-electron chi connectivity index (χ3n) is 3.64. The first kappa shape index (κ1) is 17.0. The number of carbonyl (C=O) groups is 1. The Balaban J connectivity index is 1.63. The summed E-state index contributed by atoms with van der Waals surface area (Å²) in [6.45, 7) is 5.56. The molecule has 0 saturated carbocycles. The van der Waals surface area contributed by atoms with Crippen LogP contribution in [0.5, 0.6) is 5.75 Å². The summed E-state index contributed by atoms with van der Waals surface area (Å²) in [6, 6.07) is 13.4. The van der Waals surface area contributed by atoms with Gasteiger partial charge in [0.2, 0.25) is 0 Å². The van der Waals surface area contributed by atoms with Crippen molar-refractivity contribution in [1.29, 1.82) is 0 Å². The van der Waals surface area contributed by atoms with Crippen LogP contribution in [0.2, 0.25) is 0 Å². The molecule has 0 aromatic heterocycles. The van der Waals surface area contributed by atoms with Gasteiger partial charge < -0.3 is 25.8 Å². The quantitative estimate of drug-likeness (QED) is 0.583. The van der Waals surface area contributed by atoms with Crippen LogP contribution in [-0.4, -0.2) is 18.1 Å². The summed E-state index contributed by atoms with van der Waals surface area (Å²) in [4.78, 5) is 11.8. The molecule has 0 amide bonds. The van der Waals surface area contributed by atoms with Crippen molar-refractivity contribution in [2.24, 2.45) is 0 Å². The van der Waals surface area contributed by atoms with E-state index in [4.69, 9.17) is 15.2 Å². The van der Waals surface area contributed by atoms with Gasteiger partial charge in [0.15, 0.2) is 6.23 Å². The Morgan fingerprint density at radius 3 is 2.72 bits per heavy atom. The lowest BCUT2D eigenvalue weighted by Gasteiger charge is -2.20. The van der Waals surface area contributed by atoms with Crippen molar-refractivity contribution in [3.8, 4) is 5.75 Å². The molecule has 1 heterocycles. The number of hydrogen-bond donors (Lipinski definition) is 3. The van der Waals surface area contributed by atoms with Gasteiger partial charge in [0.05, 0.1) is 17.1 Å². The Kier molecular flexibility index (Phi) is 4.44. The topological polar surface area (TPSA) is 85.6 Å². The van der Waals surface area contributed by atoms with E-state index in [9.17, 15) is 4.79 Å². The number of benzene rings is 2. The minimum atomic E-state index is -0.505. The van der Waals surface area contributed by atoms with Crippen molar-refractivity contribution in [3.05, 3.63) is 48.0 Å². The standard InChI is InChI=1S/C19H23N3O3/c1-19(2,3)25-17(23)11-21-14-9-8-12(10-13(14)20)18-22-15-6-4-5-7-16(15)24-18/h4-10,18,21-22H,11,20H2,1-3H3. The summed E-state index contributed by atoms with van der Waals surface area (Å²) in [5.74, 6) is 0.491. The van der Waals surface area contributed by atoms with Crippen LogP contribution in [-0.2, 0) is 9.53 Å². The summed E-state index contributed by atoms with van der Waals surface area (Å²) in [6.07, 6.45) is -0.278. The minimum Gasteiger partial charge on any atom is -0.464 e. The normalized spacial score (nSPS) is 15.7. The molecule has 0 spiro atoms. The van der Waals surface area contributed by atoms with Crippen LogP contribution in [0.15, 0.2) is 42.5 Å². The average molecular weight is 341 g/mol. The molecule has 3 rings (SSSR count). The zero-order valence-electron chi connectivity index (χ0n) is 14.6. The monoisotopic (exact) mass is 341 g/mol. The van der Waals surface area contributed by atoms with Gasteiger partial charge in [0.1, 0.15) is 17.9 Å². The van der Waals surface area contributed by atoms with Gasteiger partial charge in [-0.1, -0.05) is 18.2 Å². The Morgan fingerprint density at radius 1 is 1.28 bits per heavy atom. The van der Waals surface area contributed by atoms with E-state index in [0.29, 0.717) is 11.4 Å². The molecule has 1 aliphatic heterocycles. The highest BCUT2D eigenvalue weighted by atomic mass is 16.6. The van der Waals surface area contributed by atoms with E-state index in [1.165, 1.54) is 0 Å². The number of nitrogens with two attached hydrogens (primary N) is 1. The van der Waals surface area contributed by atoms with Gasteiger partial charge in [-0.3, -0.25) is 4.79 Å². The van der Waals surface area contributed by atoms with Crippen LogP contribution < -0.4 is 21.1 Å². The highest BCUT2D eigenvalue weighted by Gasteiger charge is 2.23. The number of para-hydroxylation sites is 2.